The predicted octanol–water partition coefficient (Wildman–Crippen LogP) is 16.1. The highest BCUT2D eigenvalue weighted by molar-refractivity contribution is 5.71. The molecule has 6 nitrogen and oxygen atoms in total. The van der Waals surface area contributed by atoms with Gasteiger partial charge in [-0.2, -0.15) is 0 Å². The zero-order valence-electron chi connectivity index (χ0n) is 39.0. The van der Waals surface area contributed by atoms with E-state index in [1.165, 1.54) is 167 Å². The molecule has 1 atom stereocenters. The van der Waals surface area contributed by atoms with Gasteiger partial charge in [-0.1, -0.05) is 240 Å². The number of rotatable bonds is 45. The average molecular weight is 807 g/mol. The van der Waals surface area contributed by atoms with Crippen LogP contribution in [0.1, 0.15) is 279 Å². The highest BCUT2D eigenvalue weighted by Crippen LogP contribution is 2.17. The second-order valence-corrected chi connectivity index (χ2v) is 18.4. The number of hydrogen-bond donors (Lipinski definition) is 0. The van der Waals surface area contributed by atoms with Gasteiger partial charge in [0.2, 0.25) is 0 Å². The standard InChI is InChI=1S/C51H98O6/c1-6-7-8-9-10-11-21-26-31-36-41-49(52)55-44-48(45-56-50(53)42-37-32-27-23-18-20-25-30-35-40-47(4)5)57-51(54)43-38-33-28-22-17-15-13-12-14-16-19-24-29-34-39-46(2)3/h46-48H,6-45H2,1-5H3/t48-/m0/s1. The van der Waals surface area contributed by atoms with Crippen molar-refractivity contribution in [1.82, 2.24) is 0 Å². The molecule has 0 rings (SSSR count). The molecule has 0 N–H and O–H groups in total. The highest BCUT2D eigenvalue weighted by Gasteiger charge is 2.19. The topological polar surface area (TPSA) is 78.9 Å². The van der Waals surface area contributed by atoms with Crippen molar-refractivity contribution in [3.05, 3.63) is 0 Å². The lowest BCUT2D eigenvalue weighted by atomic mass is 10.0. The lowest BCUT2D eigenvalue weighted by Crippen LogP contribution is -2.30. The minimum Gasteiger partial charge on any atom is -0.462 e. The van der Waals surface area contributed by atoms with Crippen LogP contribution in [0.5, 0.6) is 0 Å². The van der Waals surface area contributed by atoms with Crippen molar-refractivity contribution >= 4 is 17.9 Å². The molecule has 0 aromatic heterocycles. The minimum absolute atomic E-state index is 0.0641. The zero-order chi connectivity index (χ0) is 41.9. The maximum Gasteiger partial charge on any atom is 0.306 e. The number of esters is 3. The third kappa shape index (κ3) is 45.3. The maximum absolute atomic E-state index is 12.8. The number of ether oxygens (including phenoxy) is 3. The summed E-state index contributed by atoms with van der Waals surface area (Å²) in [6.07, 6.45) is 43.7. The Labute approximate surface area is 355 Å². The first-order valence-corrected chi connectivity index (χ1v) is 25.2. The van der Waals surface area contributed by atoms with Crippen LogP contribution in [0.15, 0.2) is 0 Å². The van der Waals surface area contributed by atoms with Gasteiger partial charge in [0.25, 0.3) is 0 Å². The summed E-state index contributed by atoms with van der Waals surface area (Å²) in [7, 11) is 0. The van der Waals surface area contributed by atoms with Crippen LogP contribution in [0, 0.1) is 11.8 Å². The first-order valence-electron chi connectivity index (χ1n) is 25.2. The molecule has 338 valence electrons. The minimum atomic E-state index is -0.761. The molecule has 0 heterocycles. The van der Waals surface area contributed by atoms with Gasteiger partial charge < -0.3 is 14.2 Å². The van der Waals surface area contributed by atoms with Gasteiger partial charge in [-0.25, -0.2) is 0 Å². The summed E-state index contributed by atoms with van der Waals surface area (Å²) in [5.74, 6) is 0.800. The molecular formula is C51H98O6. The van der Waals surface area contributed by atoms with Gasteiger partial charge in [0, 0.05) is 19.3 Å². The normalized spacial score (nSPS) is 12.1. The van der Waals surface area contributed by atoms with Crippen molar-refractivity contribution in [3.63, 3.8) is 0 Å². The third-order valence-corrected chi connectivity index (χ3v) is 11.5. The van der Waals surface area contributed by atoms with Crippen molar-refractivity contribution in [1.29, 1.82) is 0 Å². The molecule has 57 heavy (non-hydrogen) atoms. The van der Waals surface area contributed by atoms with Crippen LogP contribution >= 0.6 is 0 Å². The van der Waals surface area contributed by atoms with Gasteiger partial charge in [0.05, 0.1) is 0 Å². The van der Waals surface area contributed by atoms with E-state index < -0.39 is 6.10 Å². The van der Waals surface area contributed by atoms with E-state index in [-0.39, 0.29) is 31.1 Å². The lowest BCUT2D eigenvalue weighted by molar-refractivity contribution is -0.167. The van der Waals surface area contributed by atoms with Gasteiger partial charge in [0.1, 0.15) is 13.2 Å². The van der Waals surface area contributed by atoms with Crippen LogP contribution in [-0.4, -0.2) is 37.2 Å². The predicted molar refractivity (Wildman–Crippen MR) is 243 cm³/mol. The second-order valence-electron chi connectivity index (χ2n) is 18.4. The van der Waals surface area contributed by atoms with Crippen LogP contribution in [0.25, 0.3) is 0 Å². The molecule has 0 spiro atoms. The van der Waals surface area contributed by atoms with Crippen LogP contribution in [-0.2, 0) is 28.6 Å². The molecule has 0 aliphatic rings. The van der Waals surface area contributed by atoms with Crippen molar-refractivity contribution in [2.24, 2.45) is 11.8 Å². The SMILES string of the molecule is CCCCCCCCCCCCC(=O)OC[C@@H](COC(=O)CCCCCCCCCCCC(C)C)OC(=O)CCCCCCCCCCCCCCCCC(C)C. The Morgan fingerprint density at radius 1 is 0.333 bits per heavy atom. The van der Waals surface area contributed by atoms with Crippen molar-refractivity contribution in [3.8, 4) is 0 Å². The maximum atomic E-state index is 12.8. The van der Waals surface area contributed by atoms with Gasteiger partial charge in [-0.05, 0) is 31.1 Å². The Balaban J connectivity index is 4.29. The van der Waals surface area contributed by atoms with Gasteiger partial charge in [-0.15, -0.1) is 0 Å². The molecule has 0 bridgehead atoms. The Kier molecular flexibility index (Phi) is 42.7. The van der Waals surface area contributed by atoms with E-state index in [4.69, 9.17) is 14.2 Å². The highest BCUT2D eigenvalue weighted by atomic mass is 16.6. The Morgan fingerprint density at radius 2 is 0.579 bits per heavy atom. The molecule has 0 aromatic rings. The lowest BCUT2D eigenvalue weighted by Gasteiger charge is -2.18. The Morgan fingerprint density at radius 3 is 0.860 bits per heavy atom. The molecule has 0 radical (unpaired) electrons. The van der Waals surface area contributed by atoms with E-state index in [2.05, 4.69) is 34.6 Å². The summed E-state index contributed by atoms with van der Waals surface area (Å²) >= 11 is 0. The van der Waals surface area contributed by atoms with E-state index in [9.17, 15) is 14.4 Å². The number of unbranched alkanes of at least 4 members (excludes halogenated alkanes) is 30. The molecule has 0 aromatic carbocycles. The summed E-state index contributed by atoms with van der Waals surface area (Å²) in [6, 6.07) is 0. The van der Waals surface area contributed by atoms with E-state index in [0.29, 0.717) is 19.3 Å². The quantitative estimate of drug-likeness (QED) is 0.0346. The fourth-order valence-electron chi connectivity index (χ4n) is 7.64. The number of hydrogen-bond acceptors (Lipinski definition) is 6. The van der Waals surface area contributed by atoms with Crippen molar-refractivity contribution < 1.29 is 28.6 Å². The first-order chi connectivity index (χ1) is 27.7. The molecule has 6 heteroatoms. The number of carbonyl (C=O) groups excluding carboxylic acids is 3. The monoisotopic (exact) mass is 807 g/mol. The van der Waals surface area contributed by atoms with Gasteiger partial charge in [0.15, 0.2) is 6.10 Å². The number of carbonyl (C=O) groups is 3. The van der Waals surface area contributed by atoms with Gasteiger partial charge >= 0.3 is 17.9 Å². The van der Waals surface area contributed by atoms with Crippen LogP contribution in [0.4, 0.5) is 0 Å². The fourth-order valence-corrected chi connectivity index (χ4v) is 7.64. The average Bonchev–Trinajstić information content (AvgIpc) is 3.18. The molecule has 0 unspecified atom stereocenters. The van der Waals surface area contributed by atoms with E-state index in [0.717, 1.165) is 69.6 Å². The van der Waals surface area contributed by atoms with Crippen LogP contribution < -0.4 is 0 Å². The van der Waals surface area contributed by atoms with E-state index in [1.807, 2.05) is 0 Å². The summed E-state index contributed by atoms with van der Waals surface area (Å²) < 4.78 is 16.8. The summed E-state index contributed by atoms with van der Waals surface area (Å²) in [5, 5.41) is 0. The second kappa shape index (κ2) is 44.0. The summed E-state index contributed by atoms with van der Waals surface area (Å²) in [4.78, 5) is 37.8. The first kappa shape index (κ1) is 55.4. The molecule has 0 saturated heterocycles. The van der Waals surface area contributed by atoms with Crippen molar-refractivity contribution in [2.45, 2.75) is 285 Å². The summed E-state index contributed by atoms with van der Waals surface area (Å²) in [6.45, 7) is 11.3. The third-order valence-electron chi connectivity index (χ3n) is 11.5. The molecule has 0 aliphatic heterocycles. The Bertz CT molecular complexity index is 870. The smallest absolute Gasteiger partial charge is 0.306 e. The summed E-state index contributed by atoms with van der Waals surface area (Å²) in [5.41, 5.74) is 0. The van der Waals surface area contributed by atoms with E-state index in [1.54, 1.807) is 0 Å². The van der Waals surface area contributed by atoms with E-state index >= 15 is 0 Å². The largest absolute Gasteiger partial charge is 0.462 e. The van der Waals surface area contributed by atoms with Crippen molar-refractivity contribution in [2.75, 3.05) is 13.2 Å². The molecule has 0 amide bonds. The zero-order valence-corrected chi connectivity index (χ0v) is 39.0. The fraction of sp³-hybridized carbons (Fsp3) is 0.941. The molecule has 0 aliphatic carbocycles. The molecular weight excluding hydrogens is 709 g/mol. The Hall–Kier alpha value is -1.59. The molecule has 0 fully saturated rings. The van der Waals surface area contributed by atoms with Crippen LogP contribution in [0.2, 0.25) is 0 Å². The van der Waals surface area contributed by atoms with Crippen LogP contribution in [0.3, 0.4) is 0 Å². The molecule has 0 saturated carbocycles. The van der Waals surface area contributed by atoms with Gasteiger partial charge in [-0.3, -0.25) is 14.4 Å².